The maximum absolute atomic E-state index is 13.2. The van der Waals surface area contributed by atoms with Gasteiger partial charge in [0.25, 0.3) is 0 Å². The van der Waals surface area contributed by atoms with Crippen LogP contribution >= 0.6 is 0 Å². The molecule has 1 aromatic carbocycles. The van der Waals surface area contributed by atoms with Crippen molar-refractivity contribution in [3.05, 3.63) is 42.2 Å². The molecule has 1 aromatic heterocycles. The van der Waals surface area contributed by atoms with E-state index in [9.17, 15) is 9.59 Å². The van der Waals surface area contributed by atoms with Gasteiger partial charge in [0.15, 0.2) is 0 Å². The second kappa shape index (κ2) is 10.9. The first-order valence-electron chi connectivity index (χ1n) is 10.6. The molecule has 1 saturated carbocycles. The molecule has 3 amide bonds. The maximum Gasteiger partial charge on any atom is 0.322 e. The Balaban J connectivity index is 1.71. The number of aryl methyl sites for hydroxylation is 1. The topological polar surface area (TPSA) is 85.3 Å². The number of nitrogens with zero attached hydrogens (tertiary/aromatic N) is 3. The number of aromatic nitrogens is 1. The molecule has 0 atom stereocenters. The maximum atomic E-state index is 13.2. The van der Waals surface area contributed by atoms with Gasteiger partial charge in [-0.25, -0.2) is 4.79 Å². The van der Waals surface area contributed by atoms with Gasteiger partial charge in [0.05, 0.1) is 33.1 Å². The third kappa shape index (κ3) is 5.94. The van der Waals surface area contributed by atoms with E-state index in [-0.39, 0.29) is 25.0 Å². The van der Waals surface area contributed by atoms with Gasteiger partial charge in [0.1, 0.15) is 18.0 Å². The van der Waals surface area contributed by atoms with E-state index in [4.69, 9.17) is 14.2 Å². The molecule has 3 rings (SSSR count). The zero-order valence-corrected chi connectivity index (χ0v) is 19.2. The number of hydrogen-bond acceptors (Lipinski definition) is 5. The first-order valence-corrected chi connectivity index (χ1v) is 10.6. The van der Waals surface area contributed by atoms with Gasteiger partial charge in [-0.05, 0) is 37.1 Å². The molecule has 1 N–H and O–H groups in total. The number of carbonyl (C=O) groups is 2. The number of carbonyl (C=O) groups excluding carboxylic acids is 2. The van der Waals surface area contributed by atoms with Crippen LogP contribution in [0.2, 0.25) is 0 Å². The Morgan fingerprint density at radius 1 is 1.16 bits per heavy atom. The van der Waals surface area contributed by atoms with E-state index in [2.05, 4.69) is 5.32 Å². The summed E-state index contributed by atoms with van der Waals surface area (Å²) in [7, 11) is 6.61. The molecule has 0 saturated heterocycles. The van der Waals surface area contributed by atoms with Crippen molar-refractivity contribution in [2.75, 3.05) is 46.3 Å². The molecule has 0 radical (unpaired) electrons. The van der Waals surface area contributed by atoms with Gasteiger partial charge in [0.2, 0.25) is 5.91 Å². The number of anilines is 1. The van der Waals surface area contributed by atoms with Crippen LogP contribution in [0.3, 0.4) is 0 Å². The fourth-order valence-corrected chi connectivity index (χ4v) is 3.45. The molecule has 1 aliphatic carbocycles. The molecule has 2 aromatic rings. The number of urea groups is 1. The Hall–Kier alpha value is -3.20. The van der Waals surface area contributed by atoms with Crippen molar-refractivity contribution in [3.63, 3.8) is 0 Å². The number of hydrogen-bond donors (Lipinski definition) is 1. The molecular formula is C23H32N4O5. The lowest BCUT2D eigenvalue weighted by atomic mass is 10.2. The summed E-state index contributed by atoms with van der Waals surface area (Å²) in [6.45, 7) is 1.10. The third-order valence-electron chi connectivity index (χ3n) is 5.52. The van der Waals surface area contributed by atoms with Crippen LogP contribution in [0.15, 0.2) is 36.5 Å². The van der Waals surface area contributed by atoms with Crippen molar-refractivity contribution in [1.29, 1.82) is 0 Å². The van der Waals surface area contributed by atoms with Crippen LogP contribution in [0.1, 0.15) is 18.5 Å². The molecule has 1 fully saturated rings. The Bertz CT molecular complexity index is 925. The van der Waals surface area contributed by atoms with E-state index in [0.29, 0.717) is 30.3 Å². The summed E-state index contributed by atoms with van der Waals surface area (Å²) in [5, 5.41) is 2.84. The minimum atomic E-state index is -0.395. The average Bonchev–Trinajstić information content (AvgIpc) is 3.56. The summed E-state index contributed by atoms with van der Waals surface area (Å²) in [5.41, 5.74) is 1.55. The largest absolute Gasteiger partial charge is 0.497 e. The van der Waals surface area contributed by atoms with E-state index >= 15 is 0 Å². The number of methoxy groups -OCH3 is 3. The molecule has 0 aliphatic heterocycles. The van der Waals surface area contributed by atoms with E-state index in [0.717, 1.165) is 18.5 Å². The van der Waals surface area contributed by atoms with Crippen molar-refractivity contribution in [2.24, 2.45) is 7.05 Å². The van der Waals surface area contributed by atoms with E-state index in [1.54, 1.807) is 32.4 Å². The average molecular weight is 445 g/mol. The highest BCUT2D eigenvalue weighted by Crippen LogP contribution is 2.30. The highest BCUT2D eigenvalue weighted by molar-refractivity contribution is 5.93. The summed E-state index contributed by atoms with van der Waals surface area (Å²) in [4.78, 5) is 29.6. The number of nitrogens with one attached hydrogen (secondary N) is 1. The minimum absolute atomic E-state index is 0.0331. The van der Waals surface area contributed by atoms with Crippen molar-refractivity contribution < 1.29 is 23.8 Å². The van der Waals surface area contributed by atoms with Crippen LogP contribution in [0, 0.1) is 0 Å². The van der Waals surface area contributed by atoms with Gasteiger partial charge in [0, 0.05) is 44.7 Å². The molecular weight excluding hydrogens is 412 g/mol. The molecule has 0 bridgehead atoms. The molecule has 1 aliphatic rings. The van der Waals surface area contributed by atoms with E-state index < -0.39 is 6.03 Å². The van der Waals surface area contributed by atoms with Gasteiger partial charge in [-0.2, -0.15) is 0 Å². The standard InChI is InChI=1S/C23H32N4O5/c1-25-11-5-6-18(25)15-27(17-7-8-17)22(28)16-26(12-13-30-2)23(29)24-20-10-9-19(31-3)14-21(20)32-4/h5-6,9-11,14,17H,7-8,12-13,15-16H2,1-4H3,(H,24,29). The fourth-order valence-electron chi connectivity index (χ4n) is 3.45. The summed E-state index contributed by atoms with van der Waals surface area (Å²) in [6.07, 6.45) is 3.94. The van der Waals surface area contributed by atoms with Crippen LogP contribution in [-0.4, -0.2) is 73.4 Å². The second-order valence-corrected chi connectivity index (χ2v) is 7.77. The van der Waals surface area contributed by atoms with Gasteiger partial charge in [-0.1, -0.05) is 0 Å². The van der Waals surface area contributed by atoms with Crippen LogP contribution in [-0.2, 0) is 23.1 Å². The molecule has 32 heavy (non-hydrogen) atoms. The predicted molar refractivity (Wildman–Crippen MR) is 121 cm³/mol. The monoisotopic (exact) mass is 444 g/mol. The summed E-state index contributed by atoms with van der Waals surface area (Å²) in [5.74, 6) is 1.01. The summed E-state index contributed by atoms with van der Waals surface area (Å²) >= 11 is 0. The third-order valence-corrected chi connectivity index (χ3v) is 5.52. The van der Waals surface area contributed by atoms with Gasteiger partial charge < -0.3 is 33.9 Å². The smallest absolute Gasteiger partial charge is 0.322 e. The Morgan fingerprint density at radius 3 is 2.53 bits per heavy atom. The Kier molecular flexibility index (Phi) is 7.99. The van der Waals surface area contributed by atoms with E-state index in [1.165, 1.54) is 12.0 Å². The lowest BCUT2D eigenvalue weighted by Crippen LogP contribution is -2.46. The number of benzene rings is 1. The van der Waals surface area contributed by atoms with Crippen molar-refractivity contribution in [3.8, 4) is 11.5 Å². The Morgan fingerprint density at radius 2 is 1.94 bits per heavy atom. The van der Waals surface area contributed by atoms with Crippen molar-refractivity contribution in [2.45, 2.75) is 25.4 Å². The lowest BCUT2D eigenvalue weighted by Gasteiger charge is -2.28. The number of rotatable bonds is 11. The molecule has 0 spiro atoms. The van der Waals surface area contributed by atoms with E-state index in [1.807, 2.05) is 34.8 Å². The normalized spacial score (nSPS) is 12.9. The Labute approximate surface area is 188 Å². The summed E-state index contributed by atoms with van der Waals surface area (Å²) in [6, 6.07) is 8.93. The molecule has 9 heteroatoms. The van der Waals surface area contributed by atoms with Crippen LogP contribution in [0.4, 0.5) is 10.5 Å². The zero-order chi connectivity index (χ0) is 23.1. The van der Waals surface area contributed by atoms with Crippen molar-refractivity contribution in [1.82, 2.24) is 14.4 Å². The molecule has 0 unspecified atom stereocenters. The van der Waals surface area contributed by atoms with Gasteiger partial charge in [-0.15, -0.1) is 0 Å². The minimum Gasteiger partial charge on any atom is -0.497 e. The molecule has 9 nitrogen and oxygen atoms in total. The highest BCUT2D eigenvalue weighted by atomic mass is 16.5. The van der Waals surface area contributed by atoms with Crippen LogP contribution in [0.25, 0.3) is 0 Å². The number of amides is 3. The fraction of sp³-hybridized carbons (Fsp3) is 0.478. The molecule has 174 valence electrons. The first-order chi connectivity index (χ1) is 15.5. The predicted octanol–water partition coefficient (Wildman–Crippen LogP) is 2.71. The second-order valence-electron chi connectivity index (χ2n) is 7.77. The zero-order valence-electron chi connectivity index (χ0n) is 19.2. The van der Waals surface area contributed by atoms with Crippen molar-refractivity contribution >= 4 is 17.6 Å². The SMILES string of the molecule is COCCN(CC(=O)N(Cc1cccn1C)C1CC1)C(=O)Nc1ccc(OC)cc1OC. The lowest BCUT2D eigenvalue weighted by molar-refractivity contribution is -0.133. The van der Waals surface area contributed by atoms with Gasteiger partial charge in [-0.3, -0.25) is 4.79 Å². The van der Waals surface area contributed by atoms with Crippen LogP contribution < -0.4 is 14.8 Å². The first kappa shape index (κ1) is 23.5. The summed E-state index contributed by atoms with van der Waals surface area (Å²) < 4.78 is 17.7. The quantitative estimate of drug-likeness (QED) is 0.576. The highest BCUT2D eigenvalue weighted by Gasteiger charge is 2.34. The van der Waals surface area contributed by atoms with Crippen LogP contribution in [0.5, 0.6) is 11.5 Å². The van der Waals surface area contributed by atoms with Gasteiger partial charge >= 0.3 is 6.03 Å². The molecule has 1 heterocycles. The number of ether oxygens (including phenoxy) is 3.